The fourth-order valence-electron chi connectivity index (χ4n) is 2.87. The van der Waals surface area contributed by atoms with Gasteiger partial charge in [-0.25, -0.2) is 0 Å². The van der Waals surface area contributed by atoms with Crippen LogP contribution in [0.1, 0.15) is 18.9 Å². The van der Waals surface area contributed by atoms with Gasteiger partial charge in [0.25, 0.3) is 0 Å². The molecular formula is C16H25NO3. The molecule has 1 aliphatic rings. The van der Waals surface area contributed by atoms with E-state index in [2.05, 4.69) is 24.4 Å². The van der Waals surface area contributed by atoms with Gasteiger partial charge in [-0.05, 0) is 30.0 Å². The van der Waals surface area contributed by atoms with Crippen LogP contribution in [0.3, 0.4) is 0 Å². The van der Waals surface area contributed by atoms with E-state index >= 15 is 0 Å². The van der Waals surface area contributed by atoms with E-state index in [0.717, 1.165) is 31.2 Å². The van der Waals surface area contributed by atoms with Gasteiger partial charge < -0.3 is 19.5 Å². The van der Waals surface area contributed by atoms with E-state index in [1.54, 1.807) is 21.3 Å². The predicted octanol–water partition coefficient (Wildman–Crippen LogP) is 2.22. The highest BCUT2D eigenvalue weighted by atomic mass is 16.5. The van der Waals surface area contributed by atoms with Crippen molar-refractivity contribution >= 4 is 0 Å². The molecule has 0 heterocycles. The van der Waals surface area contributed by atoms with E-state index in [4.69, 9.17) is 14.2 Å². The Morgan fingerprint density at radius 1 is 1.20 bits per heavy atom. The summed E-state index contributed by atoms with van der Waals surface area (Å²) in [5.41, 5.74) is 1.56. The number of nitrogens with one attached hydrogen (secondary N) is 1. The van der Waals surface area contributed by atoms with Crippen LogP contribution in [-0.2, 0) is 10.2 Å². The van der Waals surface area contributed by atoms with Crippen LogP contribution in [0.2, 0.25) is 0 Å². The zero-order valence-electron chi connectivity index (χ0n) is 12.9. The van der Waals surface area contributed by atoms with Crippen LogP contribution in [0.15, 0.2) is 18.2 Å². The van der Waals surface area contributed by atoms with Crippen molar-refractivity contribution in [2.75, 3.05) is 41.0 Å². The van der Waals surface area contributed by atoms with Gasteiger partial charge >= 0.3 is 0 Å². The maximum absolute atomic E-state index is 5.41. The monoisotopic (exact) mass is 279 g/mol. The Hall–Kier alpha value is -1.26. The summed E-state index contributed by atoms with van der Waals surface area (Å²) in [6.07, 6.45) is 1.21. The molecule has 0 radical (unpaired) electrons. The van der Waals surface area contributed by atoms with E-state index in [1.165, 1.54) is 12.0 Å². The Morgan fingerprint density at radius 2 is 1.90 bits per heavy atom. The lowest BCUT2D eigenvalue weighted by atomic mass is 9.93. The van der Waals surface area contributed by atoms with Crippen molar-refractivity contribution in [1.29, 1.82) is 0 Å². The van der Waals surface area contributed by atoms with Gasteiger partial charge in [0.05, 0.1) is 20.8 Å². The van der Waals surface area contributed by atoms with Crippen LogP contribution in [-0.4, -0.2) is 41.0 Å². The summed E-state index contributed by atoms with van der Waals surface area (Å²) < 4.78 is 15.8. The number of rotatable bonds is 8. The first kappa shape index (κ1) is 15.1. The zero-order chi connectivity index (χ0) is 14.6. The zero-order valence-corrected chi connectivity index (χ0v) is 12.9. The molecule has 2 rings (SSSR count). The van der Waals surface area contributed by atoms with Crippen molar-refractivity contribution in [1.82, 2.24) is 5.32 Å². The molecule has 0 bridgehead atoms. The Balaban J connectivity index is 2.11. The van der Waals surface area contributed by atoms with Crippen molar-refractivity contribution in [2.24, 2.45) is 5.92 Å². The molecule has 2 unspecified atom stereocenters. The summed E-state index contributed by atoms with van der Waals surface area (Å²) in [5.74, 6) is 2.28. The highest BCUT2D eigenvalue weighted by molar-refractivity contribution is 5.47. The molecule has 2 atom stereocenters. The topological polar surface area (TPSA) is 39.7 Å². The molecule has 0 aliphatic heterocycles. The second kappa shape index (κ2) is 6.46. The lowest BCUT2D eigenvalue weighted by Gasteiger charge is -2.20. The molecular weight excluding hydrogens is 254 g/mol. The molecule has 1 fully saturated rings. The smallest absolute Gasteiger partial charge is 0.161 e. The summed E-state index contributed by atoms with van der Waals surface area (Å²) in [6.45, 7) is 4.91. The summed E-state index contributed by atoms with van der Waals surface area (Å²) in [7, 11) is 5.08. The molecule has 1 aliphatic carbocycles. The third-order valence-corrected chi connectivity index (χ3v) is 4.34. The molecule has 4 heteroatoms. The minimum atomic E-state index is 0.229. The van der Waals surface area contributed by atoms with Crippen molar-refractivity contribution in [2.45, 2.75) is 18.8 Å². The third-order valence-electron chi connectivity index (χ3n) is 4.34. The highest BCUT2D eigenvalue weighted by Gasteiger charge is 2.51. The van der Waals surface area contributed by atoms with Gasteiger partial charge in [0.2, 0.25) is 0 Å². The standard InChI is InChI=1S/C16H25NO3/c1-12-10-16(12,11-17-7-8-18-2)13-5-6-14(19-3)15(9-13)20-4/h5-6,9,12,17H,7-8,10-11H2,1-4H3. The van der Waals surface area contributed by atoms with Gasteiger partial charge in [0.15, 0.2) is 11.5 Å². The van der Waals surface area contributed by atoms with Crippen molar-refractivity contribution in [3.05, 3.63) is 23.8 Å². The molecule has 1 aromatic rings. The maximum Gasteiger partial charge on any atom is 0.161 e. The minimum Gasteiger partial charge on any atom is -0.493 e. The summed E-state index contributed by atoms with van der Waals surface area (Å²) in [6, 6.07) is 6.26. The molecule has 1 N–H and O–H groups in total. The highest BCUT2D eigenvalue weighted by Crippen LogP contribution is 2.54. The van der Waals surface area contributed by atoms with Crippen LogP contribution in [0.4, 0.5) is 0 Å². The lowest BCUT2D eigenvalue weighted by molar-refractivity contribution is 0.198. The van der Waals surface area contributed by atoms with Crippen LogP contribution in [0, 0.1) is 5.92 Å². The van der Waals surface area contributed by atoms with Crippen LogP contribution in [0.5, 0.6) is 11.5 Å². The SMILES string of the molecule is COCCNCC1(c2ccc(OC)c(OC)c2)CC1C. The number of hydrogen-bond acceptors (Lipinski definition) is 4. The van der Waals surface area contributed by atoms with Crippen LogP contribution < -0.4 is 14.8 Å². The molecule has 4 nitrogen and oxygen atoms in total. The van der Waals surface area contributed by atoms with Gasteiger partial charge in [-0.3, -0.25) is 0 Å². The molecule has 0 aromatic heterocycles. The van der Waals surface area contributed by atoms with Crippen LogP contribution in [0.25, 0.3) is 0 Å². The quantitative estimate of drug-likeness (QED) is 0.741. The van der Waals surface area contributed by atoms with Gasteiger partial charge in [-0.2, -0.15) is 0 Å². The fourth-order valence-corrected chi connectivity index (χ4v) is 2.87. The van der Waals surface area contributed by atoms with Gasteiger partial charge in [-0.15, -0.1) is 0 Å². The first-order valence-electron chi connectivity index (χ1n) is 7.10. The Bertz CT molecular complexity index is 449. The summed E-state index contributed by atoms with van der Waals surface area (Å²) in [5, 5.41) is 3.49. The third kappa shape index (κ3) is 2.91. The van der Waals surface area contributed by atoms with E-state index in [-0.39, 0.29) is 5.41 Å². The molecule has 1 saturated carbocycles. The molecule has 1 aromatic carbocycles. The van der Waals surface area contributed by atoms with Gasteiger partial charge in [0, 0.05) is 25.6 Å². The number of methoxy groups -OCH3 is 3. The minimum absolute atomic E-state index is 0.229. The number of ether oxygens (including phenoxy) is 3. The number of hydrogen-bond donors (Lipinski definition) is 1. The maximum atomic E-state index is 5.41. The van der Waals surface area contributed by atoms with E-state index in [0.29, 0.717) is 5.92 Å². The second-order valence-corrected chi connectivity index (χ2v) is 5.50. The molecule has 0 spiro atoms. The van der Waals surface area contributed by atoms with Gasteiger partial charge in [0.1, 0.15) is 0 Å². The first-order chi connectivity index (χ1) is 9.67. The summed E-state index contributed by atoms with van der Waals surface area (Å²) >= 11 is 0. The Morgan fingerprint density at radius 3 is 2.45 bits per heavy atom. The van der Waals surface area contributed by atoms with Crippen molar-refractivity contribution in [3.8, 4) is 11.5 Å². The Kier molecular flexibility index (Phi) is 4.89. The summed E-state index contributed by atoms with van der Waals surface area (Å²) in [4.78, 5) is 0. The first-order valence-corrected chi connectivity index (χ1v) is 7.10. The van der Waals surface area contributed by atoms with Crippen LogP contribution >= 0.6 is 0 Å². The van der Waals surface area contributed by atoms with Gasteiger partial charge in [-0.1, -0.05) is 13.0 Å². The largest absolute Gasteiger partial charge is 0.493 e. The molecule has 112 valence electrons. The predicted molar refractivity (Wildman–Crippen MR) is 79.8 cm³/mol. The van der Waals surface area contributed by atoms with E-state index < -0.39 is 0 Å². The average Bonchev–Trinajstić information content (AvgIpc) is 3.14. The second-order valence-electron chi connectivity index (χ2n) is 5.50. The normalized spacial score (nSPS) is 24.5. The lowest BCUT2D eigenvalue weighted by Crippen LogP contribution is -2.30. The number of benzene rings is 1. The molecule has 20 heavy (non-hydrogen) atoms. The van der Waals surface area contributed by atoms with E-state index in [9.17, 15) is 0 Å². The van der Waals surface area contributed by atoms with Crippen molar-refractivity contribution in [3.63, 3.8) is 0 Å². The average molecular weight is 279 g/mol. The molecule has 0 saturated heterocycles. The van der Waals surface area contributed by atoms with E-state index in [1.807, 2.05) is 6.07 Å². The molecule has 0 amide bonds. The Labute approximate surface area is 121 Å². The van der Waals surface area contributed by atoms with Crippen molar-refractivity contribution < 1.29 is 14.2 Å². The fraction of sp³-hybridized carbons (Fsp3) is 0.625.